The van der Waals surface area contributed by atoms with Crippen LogP contribution < -0.4 is 5.56 Å². The molecule has 0 spiro atoms. The molecular weight excluding hydrogens is 484 g/mol. The minimum atomic E-state index is -0.214. The molecular formula is C34H20N2OS. The zero-order valence-corrected chi connectivity index (χ0v) is 21.1. The Labute approximate surface area is 221 Å². The number of rotatable bonds is 2. The van der Waals surface area contributed by atoms with Crippen molar-refractivity contribution in [2.45, 2.75) is 0 Å². The van der Waals surface area contributed by atoms with E-state index < -0.39 is 0 Å². The van der Waals surface area contributed by atoms with E-state index in [9.17, 15) is 4.79 Å². The Kier molecular flexibility index (Phi) is 4.54. The van der Waals surface area contributed by atoms with Crippen molar-refractivity contribution in [2.75, 3.05) is 0 Å². The summed E-state index contributed by atoms with van der Waals surface area (Å²) >= 11 is 1.73. The molecule has 3 nitrogen and oxygen atoms in total. The summed E-state index contributed by atoms with van der Waals surface area (Å²) in [6.45, 7) is 0. The second-order valence-corrected chi connectivity index (χ2v) is 10.6. The molecule has 0 N–H and O–H groups in total. The molecule has 0 radical (unpaired) electrons. The first-order chi connectivity index (χ1) is 18.8. The van der Waals surface area contributed by atoms with Crippen LogP contribution in [0.3, 0.4) is 0 Å². The summed E-state index contributed by atoms with van der Waals surface area (Å²) in [5.74, 6) is 0. The van der Waals surface area contributed by atoms with E-state index in [2.05, 4.69) is 95.4 Å². The molecule has 0 aliphatic heterocycles. The number of hydrogen-bond donors (Lipinski definition) is 0. The minimum Gasteiger partial charge on any atom is -0.292 e. The lowest BCUT2D eigenvalue weighted by atomic mass is 9.97. The molecule has 0 bridgehead atoms. The Balaban J connectivity index is 1.65. The van der Waals surface area contributed by atoms with Crippen molar-refractivity contribution in [3.8, 4) is 22.4 Å². The third kappa shape index (κ3) is 2.95. The van der Waals surface area contributed by atoms with Gasteiger partial charge in [-0.3, -0.25) is 9.20 Å². The van der Waals surface area contributed by atoms with Crippen LogP contribution in [0, 0.1) is 0 Å². The van der Waals surface area contributed by atoms with Crippen molar-refractivity contribution in [3.05, 3.63) is 132 Å². The molecule has 178 valence electrons. The van der Waals surface area contributed by atoms with Gasteiger partial charge in [0.2, 0.25) is 0 Å². The molecule has 0 amide bonds. The number of fused-ring (bicyclic) bond motifs is 9. The summed E-state index contributed by atoms with van der Waals surface area (Å²) < 4.78 is 4.51. The molecule has 8 rings (SSSR count). The molecule has 0 saturated heterocycles. The highest BCUT2D eigenvalue weighted by molar-refractivity contribution is 7.26. The van der Waals surface area contributed by atoms with Crippen molar-refractivity contribution in [3.63, 3.8) is 0 Å². The highest BCUT2D eigenvalue weighted by Crippen LogP contribution is 2.42. The number of thiophene rings is 1. The van der Waals surface area contributed by atoms with Crippen LogP contribution >= 0.6 is 11.3 Å². The van der Waals surface area contributed by atoms with E-state index in [4.69, 9.17) is 4.98 Å². The average molecular weight is 505 g/mol. The second-order valence-electron chi connectivity index (χ2n) is 9.51. The fraction of sp³-hybridized carbons (Fsp3) is 0. The minimum absolute atomic E-state index is 0.214. The molecule has 4 heteroatoms. The predicted molar refractivity (Wildman–Crippen MR) is 160 cm³/mol. The van der Waals surface area contributed by atoms with Gasteiger partial charge in [-0.2, -0.15) is 4.98 Å². The van der Waals surface area contributed by atoms with Crippen LogP contribution in [0.2, 0.25) is 0 Å². The Bertz CT molecular complexity index is 2260. The average Bonchev–Trinajstić information content (AvgIpc) is 3.36. The van der Waals surface area contributed by atoms with E-state index >= 15 is 0 Å². The van der Waals surface area contributed by atoms with Gasteiger partial charge in [0.1, 0.15) is 5.65 Å². The van der Waals surface area contributed by atoms with Gasteiger partial charge in [0.15, 0.2) is 0 Å². The van der Waals surface area contributed by atoms with Crippen LogP contribution in [0.25, 0.3) is 69.9 Å². The molecule has 0 aliphatic carbocycles. The number of hydrogen-bond acceptors (Lipinski definition) is 3. The van der Waals surface area contributed by atoms with Gasteiger partial charge in [0.05, 0.1) is 16.8 Å². The molecule has 38 heavy (non-hydrogen) atoms. The first kappa shape index (κ1) is 21.3. The molecule has 0 unspecified atom stereocenters. The fourth-order valence-electron chi connectivity index (χ4n) is 5.80. The Morgan fingerprint density at radius 1 is 0.579 bits per heavy atom. The largest absolute Gasteiger partial charge is 0.292 e. The number of nitrogens with zero attached hydrogens (tertiary/aromatic N) is 2. The topological polar surface area (TPSA) is 34.4 Å². The SMILES string of the molecule is O=c1nc2c3ccccc3c3ccccc3n2c(-c2ccccc2)c1-c1cccc2c1sc1ccccc12. The maximum Gasteiger partial charge on any atom is 0.281 e. The smallest absolute Gasteiger partial charge is 0.281 e. The highest BCUT2D eigenvalue weighted by Gasteiger charge is 2.22. The van der Waals surface area contributed by atoms with Crippen LogP contribution in [-0.2, 0) is 0 Å². The normalized spacial score (nSPS) is 11.8. The molecule has 0 fully saturated rings. The summed E-state index contributed by atoms with van der Waals surface area (Å²) in [5, 5.41) is 5.56. The summed E-state index contributed by atoms with van der Waals surface area (Å²) in [7, 11) is 0. The van der Waals surface area contributed by atoms with Gasteiger partial charge >= 0.3 is 0 Å². The lowest BCUT2D eigenvalue weighted by molar-refractivity contribution is 1.14. The van der Waals surface area contributed by atoms with Crippen LogP contribution in [0.5, 0.6) is 0 Å². The summed E-state index contributed by atoms with van der Waals surface area (Å²) in [6, 6.07) is 41.5. The van der Waals surface area contributed by atoms with Gasteiger partial charge in [0, 0.05) is 36.5 Å². The first-order valence-corrected chi connectivity index (χ1v) is 13.4. The Morgan fingerprint density at radius 2 is 1.24 bits per heavy atom. The van der Waals surface area contributed by atoms with E-state index in [1.165, 1.54) is 10.1 Å². The van der Waals surface area contributed by atoms with Crippen molar-refractivity contribution in [2.24, 2.45) is 0 Å². The van der Waals surface area contributed by atoms with Gasteiger partial charge in [-0.15, -0.1) is 11.3 Å². The lowest BCUT2D eigenvalue weighted by Crippen LogP contribution is -2.16. The van der Waals surface area contributed by atoms with E-state index in [1.807, 2.05) is 30.3 Å². The predicted octanol–water partition coefficient (Wildman–Crippen LogP) is 8.70. The van der Waals surface area contributed by atoms with E-state index in [0.29, 0.717) is 11.2 Å². The Hall–Kier alpha value is -4.80. The van der Waals surface area contributed by atoms with Crippen molar-refractivity contribution >= 4 is 58.8 Å². The molecule has 0 aliphatic rings. The molecule has 3 aromatic heterocycles. The second kappa shape index (κ2) is 8.10. The van der Waals surface area contributed by atoms with Crippen LogP contribution in [0.1, 0.15) is 0 Å². The van der Waals surface area contributed by atoms with E-state index in [1.54, 1.807) is 11.3 Å². The van der Waals surface area contributed by atoms with Crippen LogP contribution in [-0.4, -0.2) is 9.38 Å². The standard InChI is InChI=1S/C34H20N2OS/c37-34-30(27-18-10-17-25-24-15-7-9-20-29(24)38-32(25)27)31(21-11-2-1-3-12-21)36-28-19-8-6-14-23(28)22-13-4-5-16-26(22)33(36)35-34/h1-20H. The molecule has 5 aromatic carbocycles. The van der Waals surface area contributed by atoms with Crippen molar-refractivity contribution in [1.29, 1.82) is 0 Å². The van der Waals surface area contributed by atoms with Crippen LogP contribution in [0.15, 0.2) is 126 Å². The van der Waals surface area contributed by atoms with Crippen molar-refractivity contribution in [1.82, 2.24) is 9.38 Å². The summed E-state index contributed by atoms with van der Waals surface area (Å²) in [5.41, 5.74) is 4.89. The first-order valence-electron chi connectivity index (χ1n) is 12.6. The highest BCUT2D eigenvalue weighted by atomic mass is 32.1. The third-order valence-corrected chi connectivity index (χ3v) is 8.64. The van der Waals surface area contributed by atoms with Crippen molar-refractivity contribution < 1.29 is 0 Å². The summed E-state index contributed by atoms with van der Waals surface area (Å²) in [6.07, 6.45) is 0. The molecule has 3 heterocycles. The maximum atomic E-state index is 14.1. The monoisotopic (exact) mass is 504 g/mol. The quantitative estimate of drug-likeness (QED) is 0.221. The van der Waals surface area contributed by atoms with Gasteiger partial charge < -0.3 is 0 Å². The number of benzene rings is 5. The van der Waals surface area contributed by atoms with E-state index in [-0.39, 0.29) is 5.56 Å². The molecule has 0 saturated carbocycles. The van der Waals surface area contributed by atoms with Gasteiger partial charge in [-0.1, -0.05) is 109 Å². The summed E-state index contributed by atoms with van der Waals surface area (Å²) in [4.78, 5) is 18.9. The maximum absolute atomic E-state index is 14.1. The zero-order chi connectivity index (χ0) is 25.2. The lowest BCUT2D eigenvalue weighted by Gasteiger charge is -2.19. The van der Waals surface area contributed by atoms with Gasteiger partial charge in [-0.25, -0.2) is 0 Å². The molecule has 8 aromatic rings. The molecule has 0 atom stereocenters. The van der Waals surface area contributed by atoms with Gasteiger partial charge in [0.25, 0.3) is 5.56 Å². The Morgan fingerprint density at radius 3 is 2.08 bits per heavy atom. The van der Waals surface area contributed by atoms with Gasteiger partial charge in [-0.05, 0) is 23.1 Å². The zero-order valence-electron chi connectivity index (χ0n) is 20.3. The van der Waals surface area contributed by atoms with Crippen LogP contribution in [0.4, 0.5) is 0 Å². The fourth-order valence-corrected chi connectivity index (χ4v) is 7.02. The number of pyridine rings is 1. The number of para-hydroxylation sites is 1. The van der Waals surface area contributed by atoms with E-state index in [0.717, 1.165) is 48.6 Å². The number of aromatic nitrogens is 2. The third-order valence-electron chi connectivity index (χ3n) is 7.42.